The van der Waals surface area contributed by atoms with E-state index in [-0.39, 0.29) is 16.8 Å². The molecule has 6 nitrogen and oxygen atoms in total. The van der Waals surface area contributed by atoms with E-state index < -0.39 is 9.84 Å². The van der Waals surface area contributed by atoms with Crippen molar-refractivity contribution in [2.75, 3.05) is 31.4 Å². The Labute approximate surface area is 118 Å². The number of carbonyl (C=O) groups is 1. The molecular formula is C13H18N2O4S. The van der Waals surface area contributed by atoms with Crippen molar-refractivity contribution in [1.29, 1.82) is 0 Å². The molecule has 1 aromatic rings. The number of pyridine rings is 1. The Hall–Kier alpha value is -1.63. The minimum absolute atomic E-state index is 0.200. The van der Waals surface area contributed by atoms with Gasteiger partial charge in [0.15, 0.2) is 9.84 Å². The molecule has 1 aliphatic heterocycles. The van der Waals surface area contributed by atoms with Crippen molar-refractivity contribution in [2.24, 2.45) is 5.92 Å². The molecule has 1 atom stereocenters. The first-order valence-electron chi connectivity index (χ1n) is 6.41. The molecule has 0 radical (unpaired) electrons. The average molecular weight is 298 g/mol. The lowest BCUT2D eigenvalue weighted by Gasteiger charge is -2.32. The van der Waals surface area contributed by atoms with Gasteiger partial charge in [-0.2, -0.15) is 0 Å². The smallest absolute Gasteiger partial charge is 0.310 e. The Balaban J connectivity index is 2.30. The van der Waals surface area contributed by atoms with Crippen molar-refractivity contribution in [3.8, 4) is 0 Å². The molecule has 1 unspecified atom stereocenters. The number of aromatic nitrogens is 1. The van der Waals surface area contributed by atoms with Gasteiger partial charge >= 0.3 is 5.97 Å². The van der Waals surface area contributed by atoms with Gasteiger partial charge in [-0.3, -0.25) is 4.79 Å². The van der Waals surface area contributed by atoms with E-state index in [0.29, 0.717) is 18.9 Å². The Morgan fingerprint density at radius 3 is 2.90 bits per heavy atom. The van der Waals surface area contributed by atoms with Gasteiger partial charge in [0, 0.05) is 25.5 Å². The molecule has 1 aromatic heterocycles. The van der Waals surface area contributed by atoms with E-state index in [1.165, 1.54) is 7.11 Å². The number of esters is 1. The highest BCUT2D eigenvalue weighted by molar-refractivity contribution is 7.90. The maximum atomic E-state index is 11.8. The lowest BCUT2D eigenvalue weighted by atomic mass is 9.98. The van der Waals surface area contributed by atoms with Crippen LogP contribution in [-0.4, -0.2) is 45.8 Å². The van der Waals surface area contributed by atoms with Crippen molar-refractivity contribution in [3.05, 3.63) is 18.3 Å². The van der Waals surface area contributed by atoms with Gasteiger partial charge in [-0.1, -0.05) is 0 Å². The first kappa shape index (κ1) is 14.8. The second kappa shape index (κ2) is 5.78. The van der Waals surface area contributed by atoms with Gasteiger partial charge < -0.3 is 9.64 Å². The van der Waals surface area contributed by atoms with Gasteiger partial charge in [0.25, 0.3) is 0 Å². The number of hydrogen-bond donors (Lipinski definition) is 0. The van der Waals surface area contributed by atoms with Crippen LogP contribution < -0.4 is 4.90 Å². The molecular weight excluding hydrogens is 280 g/mol. The molecule has 0 aromatic carbocycles. The van der Waals surface area contributed by atoms with Crippen molar-refractivity contribution in [2.45, 2.75) is 17.7 Å². The van der Waals surface area contributed by atoms with Crippen LogP contribution in [0.1, 0.15) is 12.8 Å². The van der Waals surface area contributed by atoms with Crippen LogP contribution in [0, 0.1) is 5.92 Å². The lowest BCUT2D eigenvalue weighted by molar-refractivity contribution is -0.145. The Bertz CT molecular complexity index is 600. The molecule has 0 spiro atoms. The van der Waals surface area contributed by atoms with Crippen molar-refractivity contribution in [1.82, 2.24) is 4.98 Å². The third kappa shape index (κ3) is 3.09. The highest BCUT2D eigenvalue weighted by Crippen LogP contribution is 2.27. The molecule has 110 valence electrons. The van der Waals surface area contributed by atoms with Crippen molar-refractivity contribution >= 4 is 21.6 Å². The van der Waals surface area contributed by atoms with E-state index in [1.807, 2.05) is 4.90 Å². The number of hydrogen-bond acceptors (Lipinski definition) is 6. The number of ether oxygens (including phenoxy) is 1. The van der Waals surface area contributed by atoms with Crippen LogP contribution in [0.2, 0.25) is 0 Å². The normalized spacial score (nSPS) is 19.7. The molecule has 7 heteroatoms. The second-order valence-corrected chi connectivity index (χ2v) is 6.89. The topological polar surface area (TPSA) is 76.6 Å². The van der Waals surface area contributed by atoms with E-state index in [2.05, 4.69) is 4.98 Å². The molecule has 0 aliphatic carbocycles. The zero-order chi connectivity index (χ0) is 14.8. The van der Waals surface area contributed by atoms with E-state index >= 15 is 0 Å². The molecule has 1 fully saturated rings. The molecule has 0 N–H and O–H groups in total. The summed E-state index contributed by atoms with van der Waals surface area (Å²) in [7, 11) is -1.98. The summed E-state index contributed by atoms with van der Waals surface area (Å²) < 4.78 is 28.4. The average Bonchev–Trinajstić information content (AvgIpc) is 2.45. The van der Waals surface area contributed by atoms with E-state index in [9.17, 15) is 13.2 Å². The molecule has 1 saturated heterocycles. The van der Waals surface area contributed by atoms with E-state index in [0.717, 1.165) is 19.1 Å². The second-order valence-electron chi connectivity index (χ2n) is 4.91. The molecule has 1 aliphatic rings. The Morgan fingerprint density at radius 1 is 1.50 bits per heavy atom. The summed E-state index contributed by atoms with van der Waals surface area (Å²) in [5.74, 6) is -0.0710. The van der Waals surface area contributed by atoms with Crippen LogP contribution in [0.5, 0.6) is 0 Å². The number of piperidine rings is 1. The minimum atomic E-state index is -3.35. The van der Waals surface area contributed by atoms with Gasteiger partial charge in [-0.15, -0.1) is 0 Å². The summed E-state index contributed by atoms with van der Waals surface area (Å²) in [5, 5.41) is 0. The summed E-state index contributed by atoms with van der Waals surface area (Å²) in [6.07, 6.45) is 4.28. The number of rotatable bonds is 3. The third-order valence-corrected chi connectivity index (χ3v) is 4.52. The lowest BCUT2D eigenvalue weighted by Crippen LogP contribution is -2.40. The summed E-state index contributed by atoms with van der Waals surface area (Å²) >= 11 is 0. The molecule has 2 rings (SSSR count). The number of carbonyl (C=O) groups excluding carboxylic acids is 1. The van der Waals surface area contributed by atoms with Crippen LogP contribution in [0.3, 0.4) is 0 Å². The molecule has 0 amide bonds. The Morgan fingerprint density at radius 2 is 2.25 bits per heavy atom. The Kier molecular flexibility index (Phi) is 4.27. The summed E-state index contributed by atoms with van der Waals surface area (Å²) in [6.45, 7) is 1.12. The van der Waals surface area contributed by atoms with Crippen LogP contribution in [0.15, 0.2) is 23.2 Å². The van der Waals surface area contributed by atoms with Gasteiger partial charge in [0.1, 0.15) is 10.7 Å². The maximum absolute atomic E-state index is 11.8. The molecule has 2 heterocycles. The number of nitrogens with zero attached hydrogens (tertiary/aromatic N) is 2. The zero-order valence-electron chi connectivity index (χ0n) is 11.6. The van der Waals surface area contributed by atoms with E-state index in [4.69, 9.17) is 4.74 Å². The van der Waals surface area contributed by atoms with E-state index in [1.54, 1.807) is 18.3 Å². The fourth-order valence-corrected chi connectivity index (χ4v) is 3.28. The van der Waals surface area contributed by atoms with Crippen molar-refractivity contribution < 1.29 is 17.9 Å². The SMILES string of the molecule is COC(=O)C1CCCN(c2ncccc2S(C)(=O)=O)C1. The maximum Gasteiger partial charge on any atom is 0.310 e. The zero-order valence-corrected chi connectivity index (χ0v) is 12.4. The highest BCUT2D eigenvalue weighted by atomic mass is 32.2. The number of methoxy groups -OCH3 is 1. The van der Waals surface area contributed by atoms with Gasteiger partial charge in [0.2, 0.25) is 0 Å². The quantitative estimate of drug-likeness (QED) is 0.771. The number of sulfone groups is 1. The van der Waals surface area contributed by atoms with Crippen LogP contribution in [-0.2, 0) is 19.4 Å². The molecule has 0 bridgehead atoms. The van der Waals surface area contributed by atoms with Gasteiger partial charge in [0.05, 0.1) is 13.0 Å². The van der Waals surface area contributed by atoms with Crippen LogP contribution >= 0.6 is 0 Å². The summed E-state index contributed by atoms with van der Waals surface area (Å²) in [6, 6.07) is 3.14. The van der Waals surface area contributed by atoms with Crippen LogP contribution in [0.25, 0.3) is 0 Å². The standard InChI is InChI=1S/C13H18N2O4S/c1-19-13(16)10-5-4-8-15(9-10)12-11(20(2,17)18)6-3-7-14-12/h3,6-7,10H,4-5,8-9H2,1-2H3. The fourth-order valence-electron chi connectivity index (χ4n) is 2.44. The van der Waals surface area contributed by atoms with Crippen LogP contribution in [0.4, 0.5) is 5.82 Å². The third-order valence-electron chi connectivity index (χ3n) is 3.41. The minimum Gasteiger partial charge on any atom is -0.469 e. The first-order chi connectivity index (χ1) is 9.43. The fraction of sp³-hybridized carbons (Fsp3) is 0.538. The first-order valence-corrected chi connectivity index (χ1v) is 8.30. The largest absolute Gasteiger partial charge is 0.469 e. The van der Waals surface area contributed by atoms with Gasteiger partial charge in [-0.25, -0.2) is 13.4 Å². The monoisotopic (exact) mass is 298 g/mol. The molecule has 0 saturated carbocycles. The summed E-state index contributed by atoms with van der Waals surface area (Å²) in [4.78, 5) is 17.9. The summed E-state index contributed by atoms with van der Waals surface area (Å²) in [5.41, 5.74) is 0. The number of anilines is 1. The highest BCUT2D eigenvalue weighted by Gasteiger charge is 2.29. The van der Waals surface area contributed by atoms with Gasteiger partial charge in [-0.05, 0) is 25.0 Å². The predicted molar refractivity (Wildman–Crippen MR) is 74.3 cm³/mol. The van der Waals surface area contributed by atoms with Crippen molar-refractivity contribution in [3.63, 3.8) is 0 Å². The predicted octanol–water partition coefficient (Wildman–Crippen LogP) is 0.874. The molecule has 20 heavy (non-hydrogen) atoms.